The first-order chi connectivity index (χ1) is 11.7. The fraction of sp³-hybridized carbons (Fsp3) is 0.556. The van der Waals surface area contributed by atoms with Gasteiger partial charge in [-0.25, -0.2) is 4.98 Å². The monoisotopic (exact) mass is 349 g/mol. The van der Waals surface area contributed by atoms with Crippen LogP contribution in [0.25, 0.3) is 0 Å². The smallest absolute Gasteiger partial charge is 0.255 e. The molecule has 1 amide bonds. The number of hydrogen-bond donors (Lipinski definition) is 1. The van der Waals surface area contributed by atoms with Crippen LogP contribution in [0.2, 0.25) is 5.02 Å². The molecule has 1 fully saturated rings. The number of carbonyl (C=O) groups is 1. The van der Waals surface area contributed by atoms with Gasteiger partial charge in [0, 0.05) is 25.8 Å². The zero-order valence-corrected chi connectivity index (χ0v) is 14.6. The molecule has 5 nitrogen and oxygen atoms in total. The average molecular weight is 350 g/mol. The molecule has 0 spiro atoms. The van der Waals surface area contributed by atoms with Crippen molar-refractivity contribution < 1.29 is 9.53 Å². The summed E-state index contributed by atoms with van der Waals surface area (Å²) in [6, 6.07) is 1.72. The minimum absolute atomic E-state index is 0.0306. The fourth-order valence-corrected chi connectivity index (χ4v) is 3.33. The van der Waals surface area contributed by atoms with E-state index in [2.05, 4.69) is 16.4 Å². The number of piperidine rings is 1. The molecule has 1 saturated heterocycles. The van der Waals surface area contributed by atoms with Gasteiger partial charge in [-0.3, -0.25) is 4.79 Å². The third-order valence-corrected chi connectivity index (χ3v) is 4.82. The van der Waals surface area contributed by atoms with Crippen molar-refractivity contribution in [2.75, 3.05) is 38.2 Å². The lowest BCUT2D eigenvalue weighted by atomic mass is 10.1. The largest absolute Gasteiger partial charge is 0.377 e. The number of hydrogen-bond acceptors (Lipinski definition) is 4. The fourth-order valence-electron chi connectivity index (χ4n) is 3.10. The number of anilines is 1. The summed E-state index contributed by atoms with van der Waals surface area (Å²) < 4.78 is 5.30. The first-order valence-corrected chi connectivity index (χ1v) is 9.06. The molecule has 0 bridgehead atoms. The van der Waals surface area contributed by atoms with E-state index in [4.69, 9.17) is 16.3 Å². The van der Waals surface area contributed by atoms with Gasteiger partial charge in [0.1, 0.15) is 5.82 Å². The Morgan fingerprint density at radius 1 is 1.33 bits per heavy atom. The summed E-state index contributed by atoms with van der Waals surface area (Å²) in [4.78, 5) is 18.7. The lowest BCUT2D eigenvalue weighted by Gasteiger charge is -2.26. The molecule has 1 aromatic rings. The minimum Gasteiger partial charge on any atom is -0.377 e. The van der Waals surface area contributed by atoms with Crippen molar-refractivity contribution in [3.63, 3.8) is 0 Å². The van der Waals surface area contributed by atoms with Crippen molar-refractivity contribution in [1.82, 2.24) is 9.88 Å². The van der Waals surface area contributed by atoms with Gasteiger partial charge >= 0.3 is 0 Å². The molecule has 3 heterocycles. The summed E-state index contributed by atoms with van der Waals surface area (Å²) in [5, 5.41) is 3.76. The number of halogens is 1. The minimum atomic E-state index is 0.0306. The third kappa shape index (κ3) is 4.48. The molecule has 3 rings (SSSR count). The van der Waals surface area contributed by atoms with Gasteiger partial charge in [-0.15, -0.1) is 0 Å². The molecule has 0 aliphatic carbocycles. The predicted molar refractivity (Wildman–Crippen MR) is 95.6 cm³/mol. The molecule has 0 atom stereocenters. The van der Waals surface area contributed by atoms with Crippen LogP contribution in [-0.4, -0.2) is 48.6 Å². The van der Waals surface area contributed by atoms with E-state index >= 15 is 0 Å². The van der Waals surface area contributed by atoms with E-state index in [9.17, 15) is 4.79 Å². The SMILES string of the molecule is O=C(c1cnc(NCCC2=CCOCC2)c(Cl)c1)N1CCCCC1. The number of aromatic nitrogens is 1. The van der Waals surface area contributed by atoms with Crippen LogP contribution < -0.4 is 5.32 Å². The van der Waals surface area contributed by atoms with E-state index in [1.54, 1.807) is 12.3 Å². The molecule has 24 heavy (non-hydrogen) atoms. The highest BCUT2D eigenvalue weighted by Crippen LogP contribution is 2.22. The van der Waals surface area contributed by atoms with E-state index in [0.29, 0.717) is 23.0 Å². The third-order valence-electron chi connectivity index (χ3n) is 4.53. The topological polar surface area (TPSA) is 54.5 Å². The number of ether oxygens (including phenoxy) is 1. The number of carbonyl (C=O) groups excluding carboxylic acids is 1. The van der Waals surface area contributed by atoms with Crippen LogP contribution in [-0.2, 0) is 4.74 Å². The summed E-state index contributed by atoms with van der Waals surface area (Å²) in [6.07, 6.45) is 9.07. The first kappa shape index (κ1) is 17.2. The summed E-state index contributed by atoms with van der Waals surface area (Å²) >= 11 is 6.30. The zero-order valence-electron chi connectivity index (χ0n) is 13.9. The molecule has 0 radical (unpaired) electrons. The van der Waals surface area contributed by atoms with Crippen molar-refractivity contribution in [3.05, 3.63) is 34.5 Å². The normalized spacial score (nSPS) is 18.2. The van der Waals surface area contributed by atoms with Crippen molar-refractivity contribution in [2.24, 2.45) is 0 Å². The van der Waals surface area contributed by atoms with E-state index in [-0.39, 0.29) is 5.91 Å². The lowest BCUT2D eigenvalue weighted by molar-refractivity contribution is 0.0724. The Balaban J connectivity index is 1.55. The van der Waals surface area contributed by atoms with E-state index in [0.717, 1.165) is 51.9 Å². The van der Waals surface area contributed by atoms with E-state index in [1.165, 1.54) is 12.0 Å². The standard InChI is InChI=1S/C18H24ClN3O2/c19-16-12-15(18(23)22-8-2-1-3-9-22)13-21-17(16)20-7-4-14-5-10-24-11-6-14/h5,12-13H,1-4,6-11H2,(H,20,21). The second-order valence-corrected chi connectivity index (χ2v) is 6.68. The van der Waals surface area contributed by atoms with Crippen LogP contribution in [0.1, 0.15) is 42.5 Å². The van der Waals surface area contributed by atoms with Gasteiger partial charge < -0.3 is 15.0 Å². The molecule has 1 aromatic heterocycles. The Bertz CT molecular complexity index is 612. The second-order valence-electron chi connectivity index (χ2n) is 6.27. The highest BCUT2D eigenvalue weighted by atomic mass is 35.5. The second kappa shape index (κ2) is 8.49. The summed E-state index contributed by atoms with van der Waals surface area (Å²) in [7, 11) is 0. The molecule has 2 aliphatic rings. The summed E-state index contributed by atoms with van der Waals surface area (Å²) in [6.45, 7) is 3.95. The van der Waals surface area contributed by atoms with Crippen molar-refractivity contribution >= 4 is 23.3 Å². The first-order valence-electron chi connectivity index (χ1n) is 8.68. The van der Waals surface area contributed by atoms with Gasteiger partial charge in [0.25, 0.3) is 5.91 Å². The Labute approximate surface area is 148 Å². The van der Waals surface area contributed by atoms with E-state index in [1.807, 2.05) is 4.90 Å². The van der Waals surface area contributed by atoms with Crippen LogP contribution in [0, 0.1) is 0 Å². The van der Waals surface area contributed by atoms with Gasteiger partial charge in [0.05, 0.1) is 23.8 Å². The van der Waals surface area contributed by atoms with Crippen molar-refractivity contribution in [1.29, 1.82) is 0 Å². The molecule has 0 saturated carbocycles. The van der Waals surface area contributed by atoms with Crippen LogP contribution in [0.5, 0.6) is 0 Å². The molecule has 0 unspecified atom stereocenters. The number of rotatable bonds is 5. The maximum absolute atomic E-state index is 12.5. The maximum Gasteiger partial charge on any atom is 0.255 e. The van der Waals surface area contributed by atoms with Gasteiger partial charge in [-0.2, -0.15) is 0 Å². The maximum atomic E-state index is 12.5. The Morgan fingerprint density at radius 3 is 2.88 bits per heavy atom. The predicted octanol–water partition coefficient (Wildman–Crippen LogP) is 3.51. The van der Waals surface area contributed by atoms with Crippen molar-refractivity contribution in [2.45, 2.75) is 32.1 Å². The average Bonchev–Trinajstić information content (AvgIpc) is 2.64. The molecule has 0 aromatic carbocycles. The molecular weight excluding hydrogens is 326 g/mol. The van der Waals surface area contributed by atoms with Crippen molar-refractivity contribution in [3.8, 4) is 0 Å². The highest BCUT2D eigenvalue weighted by Gasteiger charge is 2.19. The van der Waals surface area contributed by atoms with Crippen LogP contribution in [0.3, 0.4) is 0 Å². The van der Waals surface area contributed by atoms with Crippen LogP contribution in [0.4, 0.5) is 5.82 Å². The molecule has 130 valence electrons. The Morgan fingerprint density at radius 2 is 2.17 bits per heavy atom. The van der Waals surface area contributed by atoms with Gasteiger partial charge in [0.15, 0.2) is 0 Å². The van der Waals surface area contributed by atoms with Crippen LogP contribution >= 0.6 is 11.6 Å². The highest BCUT2D eigenvalue weighted by molar-refractivity contribution is 6.33. The lowest BCUT2D eigenvalue weighted by Crippen LogP contribution is -2.35. The summed E-state index contributed by atoms with van der Waals surface area (Å²) in [5.41, 5.74) is 1.97. The van der Waals surface area contributed by atoms with Gasteiger partial charge in [0.2, 0.25) is 0 Å². The molecule has 6 heteroatoms. The number of nitrogens with zero attached hydrogens (tertiary/aromatic N) is 2. The Hall–Kier alpha value is -1.59. The number of amides is 1. The van der Waals surface area contributed by atoms with E-state index < -0.39 is 0 Å². The number of pyridine rings is 1. The Kier molecular flexibility index (Phi) is 6.10. The molecule has 2 aliphatic heterocycles. The quantitative estimate of drug-likeness (QED) is 0.826. The number of nitrogens with one attached hydrogen (secondary N) is 1. The summed E-state index contributed by atoms with van der Waals surface area (Å²) in [5.74, 6) is 0.669. The number of likely N-dealkylation sites (tertiary alicyclic amines) is 1. The van der Waals surface area contributed by atoms with Gasteiger partial charge in [-0.05, 0) is 38.2 Å². The molecular formula is C18H24ClN3O2. The van der Waals surface area contributed by atoms with Crippen LogP contribution in [0.15, 0.2) is 23.9 Å². The van der Waals surface area contributed by atoms with Gasteiger partial charge in [-0.1, -0.05) is 23.3 Å². The molecule has 1 N–H and O–H groups in total. The zero-order chi connectivity index (χ0) is 16.8.